The Kier molecular flexibility index (Phi) is 3.84. The van der Waals surface area contributed by atoms with Gasteiger partial charge < -0.3 is 14.6 Å². The van der Waals surface area contributed by atoms with Crippen molar-refractivity contribution in [3.05, 3.63) is 59.7 Å². The molecule has 0 saturated carbocycles. The van der Waals surface area contributed by atoms with E-state index in [-0.39, 0.29) is 0 Å². The number of aliphatic hydroxyl groups is 1. The highest BCUT2D eigenvalue weighted by atomic mass is 16.6. The highest BCUT2D eigenvalue weighted by molar-refractivity contribution is 5.48. The Morgan fingerprint density at radius 3 is 2.38 bits per heavy atom. The van der Waals surface area contributed by atoms with Crippen molar-refractivity contribution >= 4 is 0 Å². The summed E-state index contributed by atoms with van der Waals surface area (Å²) in [6.07, 6.45) is 1.55. The molecule has 0 saturated heterocycles. The molecule has 1 atom stereocenters. The number of ether oxygens (including phenoxy) is 2. The molecule has 0 radical (unpaired) electrons. The molecule has 1 unspecified atom stereocenters. The van der Waals surface area contributed by atoms with Gasteiger partial charge in [-0.15, -0.1) is 0 Å². The van der Waals surface area contributed by atoms with Crippen LogP contribution in [0.3, 0.4) is 0 Å². The Hall–Kier alpha value is -2.00. The summed E-state index contributed by atoms with van der Waals surface area (Å²) in [7, 11) is 0. The summed E-state index contributed by atoms with van der Waals surface area (Å²) >= 11 is 0. The fraction of sp³-hybridized carbons (Fsp3) is 0.333. The van der Waals surface area contributed by atoms with Crippen LogP contribution in [0.1, 0.15) is 30.9 Å². The van der Waals surface area contributed by atoms with Crippen LogP contribution in [-0.4, -0.2) is 18.3 Å². The van der Waals surface area contributed by atoms with Gasteiger partial charge in [0.2, 0.25) is 0 Å². The minimum absolute atomic E-state index is 0.550. The lowest BCUT2D eigenvalue weighted by atomic mass is 9.82. The number of benzene rings is 2. The first-order valence-electron chi connectivity index (χ1n) is 7.42. The van der Waals surface area contributed by atoms with E-state index in [0.29, 0.717) is 25.4 Å². The average Bonchev–Trinajstić information content (AvgIpc) is 2.55. The number of hydrogen-bond acceptors (Lipinski definition) is 3. The first-order valence-corrected chi connectivity index (χ1v) is 7.42. The van der Waals surface area contributed by atoms with Crippen molar-refractivity contribution < 1.29 is 14.6 Å². The lowest BCUT2D eigenvalue weighted by Crippen LogP contribution is -2.27. The lowest BCUT2D eigenvalue weighted by molar-refractivity contribution is 0.0693. The smallest absolute Gasteiger partial charge is 0.161 e. The predicted octanol–water partition coefficient (Wildman–Crippen LogP) is 3.49. The van der Waals surface area contributed by atoms with E-state index in [1.54, 1.807) is 0 Å². The fourth-order valence-corrected chi connectivity index (χ4v) is 2.83. The van der Waals surface area contributed by atoms with Gasteiger partial charge in [-0.2, -0.15) is 0 Å². The van der Waals surface area contributed by atoms with E-state index in [1.807, 2.05) is 48.5 Å². The molecule has 1 N–H and O–H groups in total. The number of hydrogen-bond donors (Lipinski definition) is 1. The van der Waals surface area contributed by atoms with Crippen molar-refractivity contribution in [1.82, 2.24) is 0 Å². The summed E-state index contributed by atoms with van der Waals surface area (Å²) in [5.74, 6) is 1.46. The summed E-state index contributed by atoms with van der Waals surface area (Å²) in [5.41, 5.74) is 0.759. The van der Waals surface area contributed by atoms with Gasteiger partial charge in [0.1, 0.15) is 18.8 Å². The molecular formula is C18H20O3. The van der Waals surface area contributed by atoms with Crippen LogP contribution in [-0.2, 0) is 5.60 Å². The van der Waals surface area contributed by atoms with E-state index in [9.17, 15) is 5.11 Å². The quantitative estimate of drug-likeness (QED) is 0.934. The molecule has 1 aliphatic rings. The summed E-state index contributed by atoms with van der Waals surface area (Å²) in [6, 6.07) is 15.5. The number of fused-ring (bicyclic) bond motifs is 1. The van der Waals surface area contributed by atoms with Gasteiger partial charge in [-0.05, 0) is 29.7 Å². The average molecular weight is 284 g/mol. The molecular weight excluding hydrogens is 264 g/mol. The van der Waals surface area contributed by atoms with Crippen LogP contribution in [0, 0.1) is 0 Å². The lowest BCUT2D eigenvalue weighted by Gasteiger charge is -2.30. The molecule has 3 nitrogen and oxygen atoms in total. The molecule has 21 heavy (non-hydrogen) atoms. The van der Waals surface area contributed by atoms with Crippen molar-refractivity contribution in [2.24, 2.45) is 0 Å². The van der Waals surface area contributed by atoms with Crippen molar-refractivity contribution in [3.63, 3.8) is 0 Å². The van der Waals surface area contributed by atoms with E-state index < -0.39 is 5.60 Å². The highest BCUT2D eigenvalue weighted by Crippen LogP contribution is 2.39. The Morgan fingerprint density at radius 2 is 1.67 bits per heavy atom. The zero-order valence-electron chi connectivity index (χ0n) is 12.2. The van der Waals surface area contributed by atoms with Crippen LogP contribution < -0.4 is 9.47 Å². The highest BCUT2D eigenvalue weighted by Gasteiger charge is 2.31. The van der Waals surface area contributed by atoms with Gasteiger partial charge in [-0.3, -0.25) is 0 Å². The van der Waals surface area contributed by atoms with E-state index in [1.165, 1.54) is 0 Å². The Morgan fingerprint density at radius 1 is 0.952 bits per heavy atom. The molecule has 0 spiro atoms. The van der Waals surface area contributed by atoms with Gasteiger partial charge in [0.15, 0.2) is 11.5 Å². The summed E-state index contributed by atoms with van der Waals surface area (Å²) in [6.45, 7) is 3.20. The second-order valence-electron chi connectivity index (χ2n) is 5.33. The molecule has 110 valence electrons. The molecule has 2 aromatic rings. The SMILES string of the molecule is CCCC(O)(c1ccccc1)c1ccc2c(c1)OCCO2. The Balaban J connectivity index is 2.05. The first-order chi connectivity index (χ1) is 10.2. The van der Waals surface area contributed by atoms with Crippen LogP contribution in [0.2, 0.25) is 0 Å². The molecule has 0 amide bonds. The van der Waals surface area contributed by atoms with Crippen LogP contribution in [0.15, 0.2) is 48.5 Å². The minimum Gasteiger partial charge on any atom is -0.486 e. The van der Waals surface area contributed by atoms with Crippen molar-refractivity contribution in [1.29, 1.82) is 0 Å². The Bertz CT molecular complexity index is 609. The van der Waals surface area contributed by atoms with E-state index in [2.05, 4.69) is 6.92 Å². The third kappa shape index (κ3) is 2.61. The molecule has 0 aromatic heterocycles. The van der Waals surface area contributed by atoms with Crippen molar-refractivity contribution in [2.45, 2.75) is 25.4 Å². The van der Waals surface area contributed by atoms with Crippen molar-refractivity contribution in [3.8, 4) is 11.5 Å². The molecule has 3 heteroatoms. The second kappa shape index (κ2) is 5.78. The first kappa shape index (κ1) is 14.0. The molecule has 2 aromatic carbocycles. The number of rotatable bonds is 4. The van der Waals surface area contributed by atoms with Crippen LogP contribution in [0.4, 0.5) is 0 Å². The third-order valence-electron chi connectivity index (χ3n) is 3.88. The maximum absolute atomic E-state index is 11.3. The maximum atomic E-state index is 11.3. The molecule has 1 heterocycles. The summed E-state index contributed by atoms with van der Waals surface area (Å²) < 4.78 is 11.2. The molecule has 0 aliphatic carbocycles. The van der Waals surface area contributed by atoms with E-state index in [4.69, 9.17) is 9.47 Å². The summed E-state index contributed by atoms with van der Waals surface area (Å²) in [4.78, 5) is 0. The zero-order valence-corrected chi connectivity index (χ0v) is 12.2. The standard InChI is InChI=1S/C18H20O3/c1-2-10-18(19,14-6-4-3-5-7-14)15-8-9-16-17(13-15)21-12-11-20-16/h3-9,13,19H,2,10-12H2,1H3. The normalized spacial score (nSPS) is 16.3. The maximum Gasteiger partial charge on any atom is 0.161 e. The van der Waals surface area contributed by atoms with Gasteiger partial charge in [0.25, 0.3) is 0 Å². The van der Waals surface area contributed by atoms with Crippen molar-refractivity contribution in [2.75, 3.05) is 13.2 Å². The van der Waals surface area contributed by atoms with Crippen LogP contribution >= 0.6 is 0 Å². The minimum atomic E-state index is -0.994. The predicted molar refractivity (Wildman–Crippen MR) is 81.8 cm³/mol. The van der Waals surface area contributed by atoms with E-state index in [0.717, 1.165) is 23.3 Å². The molecule has 0 bridgehead atoms. The van der Waals surface area contributed by atoms with Crippen LogP contribution in [0.25, 0.3) is 0 Å². The molecule has 3 rings (SSSR count). The van der Waals surface area contributed by atoms with Gasteiger partial charge in [0, 0.05) is 0 Å². The summed E-state index contributed by atoms with van der Waals surface area (Å²) in [5, 5.41) is 11.3. The monoisotopic (exact) mass is 284 g/mol. The van der Waals surface area contributed by atoms with Gasteiger partial charge in [0.05, 0.1) is 0 Å². The third-order valence-corrected chi connectivity index (χ3v) is 3.88. The molecule has 0 fully saturated rings. The van der Waals surface area contributed by atoms with Gasteiger partial charge in [-0.25, -0.2) is 0 Å². The van der Waals surface area contributed by atoms with Gasteiger partial charge in [-0.1, -0.05) is 49.7 Å². The topological polar surface area (TPSA) is 38.7 Å². The fourth-order valence-electron chi connectivity index (χ4n) is 2.83. The van der Waals surface area contributed by atoms with E-state index >= 15 is 0 Å². The van der Waals surface area contributed by atoms with Gasteiger partial charge >= 0.3 is 0 Å². The largest absolute Gasteiger partial charge is 0.486 e. The molecule has 1 aliphatic heterocycles. The second-order valence-corrected chi connectivity index (χ2v) is 5.33. The zero-order chi connectivity index (χ0) is 14.7. The Labute approximate surface area is 125 Å². The van der Waals surface area contributed by atoms with Crippen LogP contribution in [0.5, 0.6) is 11.5 Å².